The van der Waals surface area contributed by atoms with Crippen LogP contribution in [0.1, 0.15) is 15.9 Å². The zero-order chi connectivity index (χ0) is 10.6. The van der Waals surface area contributed by atoms with Crippen LogP contribution in [0, 0.1) is 5.82 Å². The van der Waals surface area contributed by atoms with Crippen molar-refractivity contribution in [3.63, 3.8) is 0 Å². The summed E-state index contributed by atoms with van der Waals surface area (Å²) in [5, 5.41) is 0. The zero-order valence-electron chi connectivity index (χ0n) is 7.62. The summed E-state index contributed by atoms with van der Waals surface area (Å²) in [5.74, 6) is -1.14. The van der Waals surface area contributed by atoms with Crippen LogP contribution in [-0.2, 0) is 16.0 Å². The molecule has 0 aromatic heterocycles. The summed E-state index contributed by atoms with van der Waals surface area (Å²) in [6.45, 7) is 0. The van der Waals surface area contributed by atoms with Gasteiger partial charge in [-0.25, -0.2) is 4.39 Å². The van der Waals surface area contributed by atoms with Gasteiger partial charge in [-0.2, -0.15) is 0 Å². The Morgan fingerprint density at radius 1 is 1.57 bits per heavy atom. The number of halogens is 1. The Morgan fingerprint density at radius 3 is 2.86 bits per heavy atom. The third-order valence-corrected chi connectivity index (χ3v) is 1.83. The largest absolute Gasteiger partial charge is 0.469 e. The highest BCUT2D eigenvalue weighted by Crippen LogP contribution is 2.12. The van der Waals surface area contributed by atoms with Crippen LogP contribution in [0.4, 0.5) is 4.39 Å². The second-order valence-electron chi connectivity index (χ2n) is 2.68. The average Bonchev–Trinajstić information content (AvgIpc) is 2.20. The molecular weight excluding hydrogens is 187 g/mol. The van der Waals surface area contributed by atoms with Crippen LogP contribution >= 0.6 is 0 Å². The first-order chi connectivity index (χ1) is 6.69. The highest BCUT2D eigenvalue weighted by atomic mass is 19.1. The van der Waals surface area contributed by atoms with Gasteiger partial charge in [0.05, 0.1) is 13.5 Å². The van der Waals surface area contributed by atoms with E-state index in [2.05, 4.69) is 4.74 Å². The summed E-state index contributed by atoms with van der Waals surface area (Å²) in [6.07, 6.45) is 0.290. The Kier molecular flexibility index (Phi) is 3.34. The van der Waals surface area contributed by atoms with Gasteiger partial charge in [0.2, 0.25) is 0 Å². The van der Waals surface area contributed by atoms with Gasteiger partial charge in [0.25, 0.3) is 0 Å². The fraction of sp³-hybridized carbons (Fsp3) is 0.200. The van der Waals surface area contributed by atoms with Crippen molar-refractivity contribution in [2.75, 3.05) is 7.11 Å². The van der Waals surface area contributed by atoms with E-state index in [1.54, 1.807) is 0 Å². The van der Waals surface area contributed by atoms with Crippen LogP contribution in [0.15, 0.2) is 18.2 Å². The van der Waals surface area contributed by atoms with E-state index in [-0.39, 0.29) is 17.5 Å². The molecule has 14 heavy (non-hydrogen) atoms. The number of carbonyl (C=O) groups is 2. The van der Waals surface area contributed by atoms with Gasteiger partial charge in [0.15, 0.2) is 0 Å². The topological polar surface area (TPSA) is 43.4 Å². The van der Waals surface area contributed by atoms with E-state index in [9.17, 15) is 14.0 Å². The van der Waals surface area contributed by atoms with Crippen LogP contribution < -0.4 is 0 Å². The Morgan fingerprint density at radius 2 is 2.29 bits per heavy atom. The van der Waals surface area contributed by atoms with Gasteiger partial charge in [0, 0.05) is 11.1 Å². The summed E-state index contributed by atoms with van der Waals surface area (Å²) in [5.41, 5.74) is 0.254. The summed E-state index contributed by atoms with van der Waals surface area (Å²) >= 11 is 0. The van der Waals surface area contributed by atoms with Gasteiger partial charge in [-0.1, -0.05) is 12.1 Å². The van der Waals surface area contributed by atoms with Gasteiger partial charge < -0.3 is 4.74 Å². The molecule has 0 saturated heterocycles. The number of hydrogen-bond acceptors (Lipinski definition) is 3. The molecule has 0 atom stereocenters. The van der Waals surface area contributed by atoms with E-state index in [1.165, 1.54) is 25.3 Å². The minimum atomic E-state index is -0.571. The lowest BCUT2D eigenvalue weighted by Gasteiger charge is -2.04. The number of ether oxygens (including phenoxy) is 1. The second-order valence-corrected chi connectivity index (χ2v) is 2.68. The highest BCUT2D eigenvalue weighted by Gasteiger charge is 2.12. The monoisotopic (exact) mass is 196 g/mol. The maximum absolute atomic E-state index is 13.2. The van der Waals surface area contributed by atoms with Crippen molar-refractivity contribution in [2.24, 2.45) is 0 Å². The standard InChI is InChI=1S/C10H9FO3/c1-14-10(13)5-8-7(6-12)3-2-4-9(8)11/h2-4,6H,5H2,1H3. The average molecular weight is 196 g/mol. The van der Waals surface area contributed by atoms with E-state index in [0.29, 0.717) is 6.29 Å². The quantitative estimate of drug-likeness (QED) is 0.541. The van der Waals surface area contributed by atoms with Crippen LogP contribution in [0.3, 0.4) is 0 Å². The van der Waals surface area contributed by atoms with Crippen molar-refractivity contribution >= 4 is 12.3 Å². The Balaban J connectivity index is 3.04. The molecule has 0 saturated carbocycles. The van der Waals surface area contributed by atoms with Crippen LogP contribution in [0.2, 0.25) is 0 Å². The maximum Gasteiger partial charge on any atom is 0.310 e. The molecule has 0 amide bonds. The fourth-order valence-electron chi connectivity index (χ4n) is 1.09. The molecule has 0 aliphatic carbocycles. The smallest absolute Gasteiger partial charge is 0.310 e. The molecule has 0 radical (unpaired) electrons. The molecule has 0 fully saturated rings. The first-order valence-electron chi connectivity index (χ1n) is 3.98. The molecule has 1 aromatic carbocycles. The summed E-state index contributed by atoms with van der Waals surface area (Å²) in [6, 6.07) is 4.07. The molecule has 1 aromatic rings. The van der Waals surface area contributed by atoms with Crippen molar-refractivity contribution in [3.05, 3.63) is 35.1 Å². The van der Waals surface area contributed by atoms with Gasteiger partial charge >= 0.3 is 5.97 Å². The summed E-state index contributed by atoms with van der Waals surface area (Å²) in [7, 11) is 1.21. The number of carbonyl (C=O) groups excluding carboxylic acids is 2. The van der Waals surface area contributed by atoms with Crippen molar-refractivity contribution in [1.82, 2.24) is 0 Å². The van der Waals surface area contributed by atoms with Crippen molar-refractivity contribution in [1.29, 1.82) is 0 Å². The van der Waals surface area contributed by atoms with Crippen molar-refractivity contribution in [3.8, 4) is 0 Å². The summed E-state index contributed by atoms with van der Waals surface area (Å²) in [4.78, 5) is 21.4. The number of hydrogen-bond donors (Lipinski definition) is 0. The summed E-state index contributed by atoms with van der Waals surface area (Å²) < 4.78 is 17.6. The van der Waals surface area contributed by atoms with Crippen molar-refractivity contribution in [2.45, 2.75) is 6.42 Å². The van der Waals surface area contributed by atoms with Crippen LogP contribution in [0.5, 0.6) is 0 Å². The molecule has 4 heteroatoms. The van der Waals surface area contributed by atoms with E-state index >= 15 is 0 Å². The van der Waals surface area contributed by atoms with Crippen LogP contribution in [-0.4, -0.2) is 19.4 Å². The molecule has 0 heterocycles. The lowest BCUT2D eigenvalue weighted by atomic mass is 10.1. The predicted octanol–water partition coefficient (Wildman–Crippen LogP) is 1.35. The lowest BCUT2D eigenvalue weighted by Crippen LogP contribution is -2.08. The number of esters is 1. The van der Waals surface area contributed by atoms with Crippen LogP contribution in [0.25, 0.3) is 0 Å². The van der Waals surface area contributed by atoms with Gasteiger partial charge in [0.1, 0.15) is 12.1 Å². The van der Waals surface area contributed by atoms with Crippen molar-refractivity contribution < 1.29 is 18.7 Å². The molecule has 1 rings (SSSR count). The minimum absolute atomic E-state index is 0.0781. The van der Waals surface area contributed by atoms with E-state index < -0.39 is 11.8 Å². The molecule has 3 nitrogen and oxygen atoms in total. The zero-order valence-corrected chi connectivity index (χ0v) is 7.62. The molecule has 0 bridgehead atoms. The number of benzene rings is 1. The normalized spacial score (nSPS) is 9.57. The van der Waals surface area contributed by atoms with E-state index in [4.69, 9.17) is 0 Å². The first-order valence-corrected chi connectivity index (χ1v) is 3.98. The molecule has 0 N–H and O–H groups in total. The maximum atomic E-state index is 13.2. The minimum Gasteiger partial charge on any atom is -0.469 e. The van der Waals surface area contributed by atoms with E-state index in [1.807, 2.05) is 0 Å². The lowest BCUT2D eigenvalue weighted by molar-refractivity contribution is -0.139. The molecule has 0 spiro atoms. The van der Waals surface area contributed by atoms with E-state index in [0.717, 1.165) is 0 Å². The Hall–Kier alpha value is -1.71. The predicted molar refractivity (Wildman–Crippen MR) is 47.5 cm³/mol. The number of aldehydes is 1. The van der Waals surface area contributed by atoms with Gasteiger partial charge in [-0.3, -0.25) is 9.59 Å². The number of methoxy groups -OCH3 is 1. The molecule has 74 valence electrons. The van der Waals surface area contributed by atoms with Gasteiger partial charge in [-0.15, -0.1) is 0 Å². The molecular formula is C10H9FO3. The van der Waals surface area contributed by atoms with Gasteiger partial charge in [-0.05, 0) is 6.07 Å². The SMILES string of the molecule is COC(=O)Cc1c(F)cccc1C=O. The fourth-order valence-corrected chi connectivity index (χ4v) is 1.09. The number of rotatable bonds is 3. The third-order valence-electron chi connectivity index (χ3n) is 1.83. The first kappa shape index (κ1) is 10.4. The third kappa shape index (κ3) is 2.16. The molecule has 0 aliphatic heterocycles. The highest BCUT2D eigenvalue weighted by molar-refractivity contribution is 5.81. The molecule has 0 unspecified atom stereocenters. The second kappa shape index (κ2) is 4.50. The molecule has 0 aliphatic rings. The Bertz CT molecular complexity index is 360. The Labute approximate surface area is 80.5 Å².